The SMILES string of the molecule is O=C(c1ccccn1)N1CCC[C@@H]2[C@H]1CCCCN2CC1CC1. The van der Waals surface area contributed by atoms with Crippen LogP contribution in [0.5, 0.6) is 0 Å². The van der Waals surface area contributed by atoms with Gasteiger partial charge < -0.3 is 4.90 Å². The third-order valence-electron chi connectivity index (χ3n) is 5.74. The largest absolute Gasteiger partial charge is 0.333 e. The van der Waals surface area contributed by atoms with Gasteiger partial charge in [0.2, 0.25) is 0 Å². The number of carbonyl (C=O) groups excluding carboxylic acids is 1. The Morgan fingerprint density at radius 3 is 2.70 bits per heavy atom. The normalized spacial score (nSPS) is 29.0. The van der Waals surface area contributed by atoms with Crippen LogP contribution in [-0.4, -0.2) is 52.4 Å². The van der Waals surface area contributed by atoms with Crippen LogP contribution < -0.4 is 0 Å². The number of hydrogen-bond donors (Lipinski definition) is 0. The Hall–Kier alpha value is -1.42. The monoisotopic (exact) mass is 313 g/mol. The number of fused-ring (bicyclic) bond motifs is 1. The minimum absolute atomic E-state index is 0.133. The van der Waals surface area contributed by atoms with Gasteiger partial charge in [-0.15, -0.1) is 0 Å². The molecule has 23 heavy (non-hydrogen) atoms. The highest BCUT2D eigenvalue weighted by atomic mass is 16.2. The molecule has 0 spiro atoms. The van der Waals surface area contributed by atoms with Crippen LogP contribution in [0.4, 0.5) is 0 Å². The lowest BCUT2D eigenvalue weighted by Gasteiger charge is -2.45. The fourth-order valence-electron chi connectivity index (χ4n) is 4.39. The molecular formula is C19H27N3O. The highest BCUT2D eigenvalue weighted by Gasteiger charge is 2.40. The first-order chi connectivity index (χ1) is 11.3. The number of amides is 1. The number of hydrogen-bond acceptors (Lipinski definition) is 3. The molecule has 4 rings (SSSR count). The van der Waals surface area contributed by atoms with Crippen molar-refractivity contribution in [2.75, 3.05) is 19.6 Å². The third kappa shape index (κ3) is 3.27. The first-order valence-electron chi connectivity index (χ1n) is 9.29. The molecule has 0 radical (unpaired) electrons. The minimum atomic E-state index is 0.133. The summed E-state index contributed by atoms with van der Waals surface area (Å²) >= 11 is 0. The summed E-state index contributed by atoms with van der Waals surface area (Å²) in [6.07, 6.45) is 10.6. The lowest BCUT2D eigenvalue weighted by atomic mass is 9.92. The molecule has 4 heteroatoms. The molecule has 0 bridgehead atoms. The number of carbonyl (C=O) groups is 1. The van der Waals surface area contributed by atoms with Crippen molar-refractivity contribution in [3.63, 3.8) is 0 Å². The molecule has 2 aliphatic heterocycles. The standard InChI is InChI=1S/C19H27N3O/c23-19(16-6-1-3-11-20-16)22-13-5-8-17-18(22)7-2-4-12-21(17)14-15-9-10-15/h1,3,6,11,15,17-18H,2,4-5,7-10,12-14H2/t17-,18-/m1/s1. The van der Waals surface area contributed by atoms with E-state index in [1.54, 1.807) is 6.20 Å². The van der Waals surface area contributed by atoms with Crippen molar-refractivity contribution < 1.29 is 4.79 Å². The van der Waals surface area contributed by atoms with Crippen LogP contribution in [0.2, 0.25) is 0 Å². The Morgan fingerprint density at radius 1 is 1.04 bits per heavy atom. The Bertz CT molecular complexity index is 543. The summed E-state index contributed by atoms with van der Waals surface area (Å²) in [4.78, 5) is 22.1. The van der Waals surface area contributed by atoms with Gasteiger partial charge in [-0.3, -0.25) is 14.7 Å². The highest BCUT2D eigenvalue weighted by molar-refractivity contribution is 5.92. The van der Waals surface area contributed by atoms with E-state index in [4.69, 9.17) is 0 Å². The van der Waals surface area contributed by atoms with Gasteiger partial charge in [-0.25, -0.2) is 0 Å². The molecular weight excluding hydrogens is 286 g/mol. The number of rotatable bonds is 3. The van der Waals surface area contributed by atoms with Gasteiger partial charge >= 0.3 is 0 Å². The zero-order valence-electron chi connectivity index (χ0n) is 13.9. The maximum atomic E-state index is 13.0. The van der Waals surface area contributed by atoms with Crippen molar-refractivity contribution >= 4 is 5.91 Å². The Labute approximate surface area is 138 Å². The second-order valence-electron chi connectivity index (χ2n) is 7.42. The molecule has 3 aliphatic rings. The van der Waals surface area contributed by atoms with E-state index < -0.39 is 0 Å². The Kier molecular flexibility index (Phi) is 4.34. The van der Waals surface area contributed by atoms with Crippen LogP contribution in [0.25, 0.3) is 0 Å². The number of likely N-dealkylation sites (tertiary alicyclic amines) is 2. The summed E-state index contributed by atoms with van der Waals surface area (Å²) in [7, 11) is 0. The molecule has 3 heterocycles. The summed E-state index contributed by atoms with van der Waals surface area (Å²) in [5.41, 5.74) is 0.603. The number of pyridine rings is 1. The Balaban J connectivity index is 1.54. The molecule has 2 saturated heterocycles. The zero-order valence-corrected chi connectivity index (χ0v) is 13.9. The lowest BCUT2D eigenvalue weighted by Crippen LogP contribution is -2.56. The first-order valence-corrected chi connectivity index (χ1v) is 9.29. The van der Waals surface area contributed by atoms with Gasteiger partial charge in [-0.1, -0.05) is 12.5 Å². The van der Waals surface area contributed by atoms with E-state index in [-0.39, 0.29) is 5.91 Å². The molecule has 2 atom stereocenters. The van der Waals surface area contributed by atoms with Crippen molar-refractivity contribution in [3.05, 3.63) is 30.1 Å². The molecule has 1 aromatic rings. The van der Waals surface area contributed by atoms with Gasteiger partial charge in [0, 0.05) is 31.4 Å². The van der Waals surface area contributed by atoms with E-state index in [1.165, 1.54) is 45.2 Å². The summed E-state index contributed by atoms with van der Waals surface area (Å²) in [6.45, 7) is 3.38. The molecule has 124 valence electrons. The number of piperidine rings is 1. The topological polar surface area (TPSA) is 36.4 Å². The van der Waals surface area contributed by atoms with Gasteiger partial charge in [-0.05, 0) is 63.1 Å². The average molecular weight is 313 g/mol. The molecule has 1 saturated carbocycles. The van der Waals surface area contributed by atoms with E-state index in [2.05, 4.69) is 14.8 Å². The van der Waals surface area contributed by atoms with Crippen molar-refractivity contribution in [2.45, 2.75) is 57.0 Å². The summed E-state index contributed by atoms with van der Waals surface area (Å²) in [6, 6.07) is 6.59. The number of aromatic nitrogens is 1. The second kappa shape index (κ2) is 6.60. The Morgan fingerprint density at radius 2 is 1.91 bits per heavy atom. The van der Waals surface area contributed by atoms with Crippen LogP contribution in [-0.2, 0) is 0 Å². The first kappa shape index (κ1) is 15.1. The molecule has 1 aliphatic carbocycles. The van der Waals surface area contributed by atoms with Crippen molar-refractivity contribution in [1.82, 2.24) is 14.8 Å². The molecule has 4 nitrogen and oxygen atoms in total. The van der Waals surface area contributed by atoms with Gasteiger partial charge in [0.05, 0.1) is 0 Å². The quantitative estimate of drug-likeness (QED) is 0.861. The molecule has 0 N–H and O–H groups in total. The number of nitrogens with zero attached hydrogens (tertiary/aromatic N) is 3. The molecule has 1 aromatic heterocycles. The van der Waals surface area contributed by atoms with Gasteiger partial charge in [0.25, 0.3) is 5.91 Å². The van der Waals surface area contributed by atoms with E-state index in [1.807, 2.05) is 18.2 Å². The van der Waals surface area contributed by atoms with Crippen molar-refractivity contribution in [3.8, 4) is 0 Å². The second-order valence-corrected chi connectivity index (χ2v) is 7.42. The summed E-state index contributed by atoms with van der Waals surface area (Å²) in [5.74, 6) is 1.06. The van der Waals surface area contributed by atoms with E-state index in [9.17, 15) is 4.79 Å². The van der Waals surface area contributed by atoms with Gasteiger partial charge in [0.1, 0.15) is 5.69 Å². The van der Waals surface area contributed by atoms with Crippen LogP contribution in [0, 0.1) is 5.92 Å². The zero-order chi connectivity index (χ0) is 15.6. The average Bonchev–Trinajstić information content (AvgIpc) is 3.43. The van der Waals surface area contributed by atoms with Crippen LogP contribution in [0.1, 0.15) is 55.4 Å². The maximum absolute atomic E-state index is 13.0. The van der Waals surface area contributed by atoms with Gasteiger partial charge in [0.15, 0.2) is 0 Å². The third-order valence-corrected chi connectivity index (χ3v) is 5.74. The smallest absolute Gasteiger partial charge is 0.272 e. The lowest BCUT2D eigenvalue weighted by molar-refractivity contribution is 0.0323. The molecule has 0 unspecified atom stereocenters. The van der Waals surface area contributed by atoms with Crippen LogP contribution in [0.15, 0.2) is 24.4 Å². The van der Waals surface area contributed by atoms with Crippen LogP contribution in [0.3, 0.4) is 0 Å². The summed E-state index contributed by atoms with van der Waals surface area (Å²) < 4.78 is 0. The molecule has 3 fully saturated rings. The predicted octanol–water partition coefficient (Wildman–Crippen LogP) is 2.95. The van der Waals surface area contributed by atoms with Crippen molar-refractivity contribution in [1.29, 1.82) is 0 Å². The minimum Gasteiger partial charge on any atom is -0.333 e. The van der Waals surface area contributed by atoms with Gasteiger partial charge in [-0.2, -0.15) is 0 Å². The fraction of sp³-hybridized carbons (Fsp3) is 0.684. The van der Waals surface area contributed by atoms with E-state index in [0.717, 1.165) is 25.3 Å². The predicted molar refractivity (Wildman–Crippen MR) is 90.2 cm³/mol. The highest BCUT2D eigenvalue weighted by Crippen LogP contribution is 2.35. The fourth-order valence-corrected chi connectivity index (χ4v) is 4.39. The maximum Gasteiger partial charge on any atom is 0.272 e. The van der Waals surface area contributed by atoms with E-state index >= 15 is 0 Å². The molecule has 1 amide bonds. The van der Waals surface area contributed by atoms with E-state index in [0.29, 0.717) is 17.8 Å². The molecule has 0 aromatic carbocycles. The van der Waals surface area contributed by atoms with Crippen LogP contribution >= 0.6 is 0 Å². The van der Waals surface area contributed by atoms with Crippen molar-refractivity contribution in [2.24, 2.45) is 5.92 Å². The summed E-state index contributed by atoms with van der Waals surface area (Å²) in [5, 5.41) is 0.